The van der Waals surface area contributed by atoms with Gasteiger partial charge in [-0.15, -0.1) is 0 Å². The second-order valence-electron chi connectivity index (χ2n) is 8.13. The van der Waals surface area contributed by atoms with Gasteiger partial charge in [0, 0.05) is 32.1 Å². The molecule has 3 aliphatic rings. The van der Waals surface area contributed by atoms with Crippen molar-refractivity contribution in [3.63, 3.8) is 0 Å². The smallest absolute Gasteiger partial charge is 0.356 e. The van der Waals surface area contributed by atoms with Crippen LogP contribution >= 0.6 is 0 Å². The van der Waals surface area contributed by atoms with Gasteiger partial charge in [-0.1, -0.05) is 0 Å². The molecule has 158 valence electrons. The third-order valence-corrected chi connectivity index (χ3v) is 5.96. The second kappa shape index (κ2) is 7.84. The highest BCUT2D eigenvalue weighted by Gasteiger charge is 2.42. The highest BCUT2D eigenvalue weighted by Crippen LogP contribution is 2.35. The molecule has 1 aliphatic carbocycles. The maximum Gasteiger partial charge on any atom is 0.391 e. The fourth-order valence-corrected chi connectivity index (χ4v) is 4.01. The highest BCUT2D eigenvalue weighted by atomic mass is 19.4. The van der Waals surface area contributed by atoms with Crippen molar-refractivity contribution in [1.29, 1.82) is 0 Å². The van der Waals surface area contributed by atoms with Gasteiger partial charge in [-0.2, -0.15) is 13.2 Å². The Morgan fingerprint density at radius 1 is 1.00 bits per heavy atom. The highest BCUT2D eigenvalue weighted by molar-refractivity contribution is 6.00. The molecule has 0 bridgehead atoms. The molecular weight excluding hydrogens is 385 g/mol. The number of nitrogens with zero attached hydrogens (tertiary/aromatic N) is 3. The molecule has 9 heteroatoms. The molecular formula is C20H25F3N4O2. The van der Waals surface area contributed by atoms with Crippen molar-refractivity contribution >= 4 is 23.5 Å². The molecule has 0 unspecified atom stereocenters. The number of alkyl halides is 3. The third kappa shape index (κ3) is 4.48. The van der Waals surface area contributed by atoms with Crippen molar-refractivity contribution in [2.75, 3.05) is 36.4 Å². The molecule has 3 heterocycles. The van der Waals surface area contributed by atoms with Crippen molar-refractivity contribution in [2.24, 2.45) is 11.8 Å². The number of anilines is 2. The fourth-order valence-electron chi connectivity index (χ4n) is 4.01. The quantitative estimate of drug-likeness (QED) is 0.826. The number of likely N-dealkylation sites (tertiary alicyclic amines) is 1. The second-order valence-corrected chi connectivity index (χ2v) is 8.13. The minimum Gasteiger partial charge on any atom is -0.356 e. The summed E-state index contributed by atoms with van der Waals surface area (Å²) in [5.41, 5.74) is 0.391. The number of amides is 2. The summed E-state index contributed by atoms with van der Waals surface area (Å²) in [5.74, 6) is -0.723. The number of nitrogens with one attached hydrogen (secondary N) is 1. The van der Waals surface area contributed by atoms with Crippen LogP contribution in [-0.2, 0) is 4.79 Å². The zero-order valence-corrected chi connectivity index (χ0v) is 16.2. The van der Waals surface area contributed by atoms with E-state index < -0.39 is 12.1 Å². The Labute approximate surface area is 167 Å². The molecule has 3 fully saturated rings. The Morgan fingerprint density at radius 2 is 1.66 bits per heavy atom. The molecule has 29 heavy (non-hydrogen) atoms. The summed E-state index contributed by atoms with van der Waals surface area (Å²) in [4.78, 5) is 33.2. The lowest BCUT2D eigenvalue weighted by Crippen LogP contribution is -2.42. The number of carbonyl (C=O) groups is 2. The lowest BCUT2D eigenvalue weighted by atomic mass is 9.96. The van der Waals surface area contributed by atoms with Gasteiger partial charge in [0.05, 0.1) is 11.5 Å². The molecule has 0 aromatic carbocycles. The van der Waals surface area contributed by atoms with Crippen LogP contribution < -0.4 is 10.2 Å². The zero-order valence-electron chi connectivity index (χ0n) is 16.2. The van der Waals surface area contributed by atoms with E-state index >= 15 is 0 Å². The number of carbonyl (C=O) groups excluding carboxylic acids is 2. The topological polar surface area (TPSA) is 65.5 Å². The van der Waals surface area contributed by atoms with Crippen LogP contribution in [0.4, 0.5) is 24.8 Å². The number of rotatable bonds is 4. The van der Waals surface area contributed by atoms with Crippen LogP contribution in [0, 0.1) is 11.8 Å². The summed E-state index contributed by atoms with van der Waals surface area (Å²) in [6.07, 6.45) is -0.603. The van der Waals surface area contributed by atoms with E-state index in [9.17, 15) is 22.8 Å². The van der Waals surface area contributed by atoms with Crippen LogP contribution in [0.5, 0.6) is 0 Å². The van der Waals surface area contributed by atoms with E-state index in [0.29, 0.717) is 17.2 Å². The fraction of sp³-hybridized carbons (Fsp3) is 0.650. The van der Waals surface area contributed by atoms with Crippen molar-refractivity contribution in [1.82, 2.24) is 9.88 Å². The van der Waals surface area contributed by atoms with Crippen LogP contribution in [-0.4, -0.2) is 54.1 Å². The van der Waals surface area contributed by atoms with Gasteiger partial charge in [-0.05, 0) is 50.7 Å². The number of aromatic nitrogens is 1. The van der Waals surface area contributed by atoms with E-state index in [1.54, 1.807) is 12.1 Å². The van der Waals surface area contributed by atoms with Crippen LogP contribution in [0.2, 0.25) is 0 Å². The van der Waals surface area contributed by atoms with Gasteiger partial charge in [0.25, 0.3) is 5.91 Å². The predicted molar refractivity (Wildman–Crippen MR) is 102 cm³/mol. The lowest BCUT2D eigenvalue weighted by Gasteiger charge is -2.33. The van der Waals surface area contributed by atoms with E-state index in [1.165, 1.54) is 4.90 Å². The first kappa shape index (κ1) is 20.0. The molecule has 1 aromatic rings. The summed E-state index contributed by atoms with van der Waals surface area (Å²) in [6, 6.07) is 3.25. The van der Waals surface area contributed by atoms with E-state index in [1.807, 2.05) is 4.90 Å². The zero-order chi connectivity index (χ0) is 20.6. The first-order valence-corrected chi connectivity index (χ1v) is 10.3. The van der Waals surface area contributed by atoms with Crippen molar-refractivity contribution in [2.45, 2.75) is 44.7 Å². The van der Waals surface area contributed by atoms with Crippen LogP contribution in [0.1, 0.15) is 48.9 Å². The Kier molecular flexibility index (Phi) is 5.40. The maximum absolute atomic E-state index is 13.1. The van der Waals surface area contributed by atoms with Crippen molar-refractivity contribution in [3.8, 4) is 0 Å². The lowest BCUT2D eigenvalue weighted by molar-refractivity contribution is -0.183. The van der Waals surface area contributed by atoms with E-state index in [2.05, 4.69) is 10.3 Å². The molecule has 6 nitrogen and oxygen atoms in total. The van der Waals surface area contributed by atoms with Crippen LogP contribution in [0.3, 0.4) is 0 Å². The average molecular weight is 410 g/mol. The Morgan fingerprint density at radius 3 is 2.24 bits per heavy atom. The first-order chi connectivity index (χ1) is 13.8. The number of hydrogen-bond donors (Lipinski definition) is 1. The molecule has 1 N–H and O–H groups in total. The molecule has 1 aromatic heterocycles. The van der Waals surface area contributed by atoms with Gasteiger partial charge in [-0.3, -0.25) is 9.59 Å². The van der Waals surface area contributed by atoms with Gasteiger partial charge >= 0.3 is 6.18 Å². The van der Waals surface area contributed by atoms with Gasteiger partial charge < -0.3 is 15.1 Å². The van der Waals surface area contributed by atoms with Crippen LogP contribution in [0.15, 0.2) is 12.1 Å². The SMILES string of the molecule is O=C(Nc1ccc(C(=O)N2CCC(C(F)(F)F)CC2)c(N2CCCC2)n1)C1CC1. The Hall–Kier alpha value is -2.32. The molecule has 0 radical (unpaired) electrons. The molecule has 4 rings (SSSR count). The standard InChI is InChI=1S/C20H25F3N4O2/c21-20(22,23)14-7-11-27(12-8-14)19(29)15-5-6-16(25-18(28)13-3-4-13)24-17(15)26-9-1-2-10-26/h5-6,13-14H,1-4,7-12H2,(H,24,25,28). The normalized spacial score (nSPS) is 20.8. The van der Waals surface area contributed by atoms with Gasteiger partial charge in [-0.25, -0.2) is 4.98 Å². The first-order valence-electron chi connectivity index (χ1n) is 10.3. The molecule has 1 saturated carbocycles. The summed E-state index contributed by atoms with van der Waals surface area (Å²) >= 11 is 0. The Balaban J connectivity index is 1.52. The van der Waals surface area contributed by atoms with Crippen molar-refractivity contribution < 1.29 is 22.8 Å². The number of pyridine rings is 1. The summed E-state index contributed by atoms with van der Waals surface area (Å²) in [5, 5.41) is 2.81. The third-order valence-electron chi connectivity index (χ3n) is 5.96. The van der Waals surface area contributed by atoms with E-state index in [-0.39, 0.29) is 43.7 Å². The molecule has 0 atom stereocenters. The molecule has 0 spiro atoms. The largest absolute Gasteiger partial charge is 0.391 e. The minimum atomic E-state index is -4.21. The molecule has 2 saturated heterocycles. The summed E-state index contributed by atoms with van der Waals surface area (Å²) in [7, 11) is 0. The predicted octanol–water partition coefficient (Wildman–Crippen LogP) is 3.44. The monoisotopic (exact) mass is 410 g/mol. The van der Waals surface area contributed by atoms with Gasteiger partial charge in [0.2, 0.25) is 5.91 Å². The van der Waals surface area contributed by atoms with E-state index in [0.717, 1.165) is 38.8 Å². The maximum atomic E-state index is 13.1. The van der Waals surface area contributed by atoms with Crippen molar-refractivity contribution in [3.05, 3.63) is 17.7 Å². The Bertz CT molecular complexity index is 780. The molecule has 2 aliphatic heterocycles. The molecule has 2 amide bonds. The van der Waals surface area contributed by atoms with Gasteiger partial charge in [0.15, 0.2) is 0 Å². The number of piperidine rings is 1. The number of hydrogen-bond acceptors (Lipinski definition) is 4. The van der Waals surface area contributed by atoms with Crippen LogP contribution in [0.25, 0.3) is 0 Å². The van der Waals surface area contributed by atoms with E-state index in [4.69, 9.17) is 0 Å². The minimum absolute atomic E-state index is 0.0447. The average Bonchev–Trinajstić information content (AvgIpc) is 3.41. The summed E-state index contributed by atoms with van der Waals surface area (Å²) < 4.78 is 38.7. The number of halogens is 3. The summed E-state index contributed by atoms with van der Waals surface area (Å²) in [6.45, 7) is 1.71. The van der Waals surface area contributed by atoms with Gasteiger partial charge in [0.1, 0.15) is 11.6 Å².